The van der Waals surface area contributed by atoms with Gasteiger partial charge < -0.3 is 5.32 Å². The van der Waals surface area contributed by atoms with Crippen LogP contribution < -0.4 is 5.32 Å². The van der Waals surface area contributed by atoms with E-state index in [1.165, 1.54) is 16.0 Å². The number of fused-ring (bicyclic) bond motifs is 1. The zero-order valence-electron chi connectivity index (χ0n) is 12.0. The molecular weight excluding hydrogens is 266 g/mol. The fourth-order valence-electron chi connectivity index (χ4n) is 2.87. The van der Waals surface area contributed by atoms with E-state index < -0.39 is 0 Å². The Labute approximate surface area is 124 Å². The number of benzene rings is 1. The molecule has 20 heavy (non-hydrogen) atoms. The molecule has 1 aromatic heterocycles. The van der Waals surface area contributed by atoms with Crippen LogP contribution in [0.1, 0.15) is 36.4 Å². The second-order valence-electron chi connectivity index (χ2n) is 5.29. The summed E-state index contributed by atoms with van der Waals surface area (Å²) in [6, 6.07) is 9.16. The lowest BCUT2D eigenvalue weighted by Crippen LogP contribution is -2.14. The fourth-order valence-corrected chi connectivity index (χ4v) is 4.11. The Morgan fingerprint density at radius 2 is 2.30 bits per heavy atom. The summed E-state index contributed by atoms with van der Waals surface area (Å²) in [6.07, 6.45) is 5.28. The molecule has 1 aliphatic rings. The average Bonchev–Trinajstić information content (AvgIpc) is 3.09. The summed E-state index contributed by atoms with van der Waals surface area (Å²) in [5, 5.41) is 7.87. The number of nitrogens with one attached hydrogen (secondary N) is 1. The highest BCUT2D eigenvalue weighted by Crippen LogP contribution is 2.39. The SMILES string of the molecule is CCC(NC)c1cnn(CC2CSc3ccccc32)c1. The Kier molecular flexibility index (Phi) is 4.13. The predicted molar refractivity (Wildman–Crippen MR) is 84.2 cm³/mol. The van der Waals surface area contributed by atoms with Crippen LogP contribution in [0.2, 0.25) is 0 Å². The third kappa shape index (κ3) is 2.63. The number of nitrogens with zero attached hydrogens (tertiary/aromatic N) is 2. The molecule has 3 rings (SSSR count). The molecule has 0 spiro atoms. The monoisotopic (exact) mass is 287 g/mol. The number of aromatic nitrogens is 2. The van der Waals surface area contributed by atoms with Crippen molar-refractivity contribution in [2.75, 3.05) is 12.8 Å². The van der Waals surface area contributed by atoms with Crippen molar-refractivity contribution in [3.05, 3.63) is 47.8 Å². The lowest BCUT2D eigenvalue weighted by molar-refractivity contribution is 0.544. The van der Waals surface area contributed by atoms with Crippen LogP contribution in [0.25, 0.3) is 0 Å². The topological polar surface area (TPSA) is 29.9 Å². The van der Waals surface area contributed by atoms with Crippen molar-refractivity contribution in [2.45, 2.75) is 36.7 Å². The van der Waals surface area contributed by atoms with Crippen LogP contribution in [0.4, 0.5) is 0 Å². The maximum absolute atomic E-state index is 4.54. The van der Waals surface area contributed by atoms with Gasteiger partial charge in [-0.3, -0.25) is 4.68 Å². The summed E-state index contributed by atoms with van der Waals surface area (Å²) in [6.45, 7) is 3.17. The number of rotatable bonds is 5. The minimum Gasteiger partial charge on any atom is -0.313 e. The van der Waals surface area contributed by atoms with Gasteiger partial charge in [-0.15, -0.1) is 11.8 Å². The molecule has 2 unspecified atom stereocenters. The molecule has 3 nitrogen and oxygen atoms in total. The third-order valence-electron chi connectivity index (χ3n) is 4.02. The Balaban J connectivity index is 1.73. The minimum absolute atomic E-state index is 0.411. The highest BCUT2D eigenvalue weighted by Gasteiger charge is 2.23. The van der Waals surface area contributed by atoms with Gasteiger partial charge >= 0.3 is 0 Å². The van der Waals surface area contributed by atoms with E-state index in [0.717, 1.165) is 18.7 Å². The van der Waals surface area contributed by atoms with E-state index in [9.17, 15) is 0 Å². The van der Waals surface area contributed by atoms with Crippen molar-refractivity contribution in [3.63, 3.8) is 0 Å². The summed E-state index contributed by atoms with van der Waals surface area (Å²) in [4.78, 5) is 1.44. The van der Waals surface area contributed by atoms with Crippen LogP contribution in [-0.2, 0) is 6.54 Å². The van der Waals surface area contributed by atoms with Gasteiger partial charge in [-0.05, 0) is 25.1 Å². The van der Waals surface area contributed by atoms with Gasteiger partial charge in [0.05, 0.1) is 6.20 Å². The molecule has 0 aliphatic carbocycles. The van der Waals surface area contributed by atoms with E-state index >= 15 is 0 Å². The van der Waals surface area contributed by atoms with Crippen LogP contribution in [-0.4, -0.2) is 22.6 Å². The molecule has 2 heterocycles. The maximum atomic E-state index is 4.54. The smallest absolute Gasteiger partial charge is 0.0537 e. The van der Waals surface area contributed by atoms with Crippen LogP contribution in [0.5, 0.6) is 0 Å². The first-order valence-corrected chi connectivity index (χ1v) is 8.21. The summed E-state index contributed by atoms with van der Waals surface area (Å²) >= 11 is 1.96. The van der Waals surface area contributed by atoms with Crippen molar-refractivity contribution in [1.29, 1.82) is 0 Å². The van der Waals surface area contributed by atoms with E-state index in [1.807, 2.05) is 25.0 Å². The summed E-state index contributed by atoms with van der Waals surface area (Å²) in [5.74, 6) is 1.75. The number of thioether (sulfide) groups is 1. The Morgan fingerprint density at radius 1 is 1.45 bits per heavy atom. The largest absolute Gasteiger partial charge is 0.313 e. The Bertz CT molecular complexity index is 575. The molecule has 0 bridgehead atoms. The van der Waals surface area contributed by atoms with Crippen molar-refractivity contribution in [3.8, 4) is 0 Å². The zero-order chi connectivity index (χ0) is 13.9. The van der Waals surface area contributed by atoms with E-state index in [4.69, 9.17) is 0 Å². The highest BCUT2D eigenvalue weighted by molar-refractivity contribution is 7.99. The van der Waals surface area contributed by atoms with Gasteiger partial charge in [-0.25, -0.2) is 0 Å². The van der Waals surface area contributed by atoms with E-state index in [-0.39, 0.29) is 0 Å². The van der Waals surface area contributed by atoms with E-state index in [0.29, 0.717) is 12.0 Å². The molecule has 106 valence electrons. The number of hydrogen-bond donors (Lipinski definition) is 1. The first-order valence-electron chi connectivity index (χ1n) is 7.23. The van der Waals surface area contributed by atoms with Gasteiger partial charge in [-0.1, -0.05) is 25.1 Å². The molecule has 0 fully saturated rings. The fraction of sp³-hybridized carbons (Fsp3) is 0.438. The molecular formula is C16H21N3S. The molecule has 0 radical (unpaired) electrons. The molecule has 1 aromatic carbocycles. The molecule has 0 saturated heterocycles. The van der Waals surface area contributed by atoms with Gasteiger partial charge in [0.2, 0.25) is 0 Å². The van der Waals surface area contributed by atoms with Gasteiger partial charge in [-0.2, -0.15) is 5.10 Å². The minimum atomic E-state index is 0.411. The van der Waals surface area contributed by atoms with Gasteiger partial charge in [0, 0.05) is 40.9 Å². The van der Waals surface area contributed by atoms with E-state index in [2.05, 4.69) is 52.5 Å². The zero-order valence-corrected chi connectivity index (χ0v) is 12.9. The highest BCUT2D eigenvalue weighted by atomic mass is 32.2. The predicted octanol–water partition coefficient (Wildman–Crippen LogP) is 3.44. The first-order chi connectivity index (χ1) is 9.81. The molecule has 1 aliphatic heterocycles. The summed E-state index contributed by atoms with van der Waals surface area (Å²) < 4.78 is 2.10. The van der Waals surface area contributed by atoms with Crippen molar-refractivity contribution in [2.24, 2.45) is 0 Å². The lowest BCUT2D eigenvalue weighted by Gasteiger charge is -2.12. The molecule has 0 amide bonds. The number of hydrogen-bond acceptors (Lipinski definition) is 3. The third-order valence-corrected chi connectivity index (χ3v) is 5.27. The average molecular weight is 287 g/mol. The normalized spacial score (nSPS) is 19.0. The molecule has 2 atom stereocenters. The molecule has 1 N–H and O–H groups in total. The lowest BCUT2D eigenvalue weighted by atomic mass is 10.0. The molecule has 0 saturated carbocycles. The van der Waals surface area contributed by atoms with Gasteiger partial charge in [0.1, 0.15) is 0 Å². The standard InChI is InChI=1S/C16H21N3S/c1-3-15(17-2)12-8-18-19(9-12)10-13-11-20-16-7-5-4-6-14(13)16/h4-9,13,15,17H,3,10-11H2,1-2H3. The van der Waals surface area contributed by atoms with Gasteiger partial charge in [0.15, 0.2) is 0 Å². The van der Waals surface area contributed by atoms with Crippen molar-refractivity contribution in [1.82, 2.24) is 15.1 Å². The summed E-state index contributed by atoms with van der Waals surface area (Å²) in [7, 11) is 2.01. The maximum Gasteiger partial charge on any atom is 0.0537 e. The van der Waals surface area contributed by atoms with Crippen LogP contribution in [0.3, 0.4) is 0 Å². The van der Waals surface area contributed by atoms with E-state index in [1.54, 1.807) is 0 Å². The quantitative estimate of drug-likeness (QED) is 0.913. The summed E-state index contributed by atoms with van der Waals surface area (Å²) in [5.41, 5.74) is 2.77. The van der Waals surface area contributed by atoms with Crippen LogP contribution in [0, 0.1) is 0 Å². The molecule has 4 heteroatoms. The first kappa shape index (κ1) is 13.7. The second-order valence-corrected chi connectivity index (χ2v) is 6.35. The van der Waals surface area contributed by atoms with Crippen molar-refractivity contribution < 1.29 is 0 Å². The van der Waals surface area contributed by atoms with Crippen molar-refractivity contribution >= 4 is 11.8 Å². The molecule has 2 aromatic rings. The van der Waals surface area contributed by atoms with Crippen LogP contribution in [0.15, 0.2) is 41.6 Å². The Morgan fingerprint density at radius 3 is 3.10 bits per heavy atom. The van der Waals surface area contributed by atoms with Gasteiger partial charge in [0.25, 0.3) is 0 Å². The van der Waals surface area contributed by atoms with Crippen LogP contribution >= 0.6 is 11.8 Å². The second kappa shape index (κ2) is 6.02. The Hall–Kier alpha value is -1.26.